The summed E-state index contributed by atoms with van der Waals surface area (Å²) >= 11 is 0. The van der Waals surface area contributed by atoms with Crippen LogP contribution in [0.2, 0.25) is 0 Å². The molecule has 0 fully saturated rings. The van der Waals surface area contributed by atoms with E-state index in [1.807, 2.05) is 20.8 Å². The summed E-state index contributed by atoms with van der Waals surface area (Å²) in [7, 11) is -4.69. The highest BCUT2D eigenvalue weighted by Crippen LogP contribution is 2.37. The van der Waals surface area contributed by atoms with Crippen molar-refractivity contribution in [3.05, 3.63) is 0 Å². The smallest absolute Gasteiger partial charge is 0.212 e. The van der Waals surface area contributed by atoms with E-state index in [1.54, 1.807) is 6.92 Å². The summed E-state index contributed by atoms with van der Waals surface area (Å²) in [5, 5.41) is 0. The van der Waals surface area contributed by atoms with Crippen LogP contribution in [0.4, 0.5) is 22.0 Å². The molecule has 0 aliphatic heterocycles. The van der Waals surface area contributed by atoms with Crippen molar-refractivity contribution in [3.8, 4) is 0 Å². The highest BCUT2D eigenvalue weighted by molar-refractivity contribution is 7.89. The van der Waals surface area contributed by atoms with Crippen molar-refractivity contribution < 1.29 is 30.4 Å². The van der Waals surface area contributed by atoms with Crippen molar-refractivity contribution >= 4 is 10.0 Å². The molecule has 0 saturated carbocycles. The van der Waals surface area contributed by atoms with Gasteiger partial charge < -0.3 is 0 Å². The second-order valence-electron chi connectivity index (χ2n) is 6.52. The summed E-state index contributed by atoms with van der Waals surface area (Å²) in [6.45, 7) is 7.16. The molecule has 3 nitrogen and oxygen atoms in total. The predicted octanol–water partition coefficient (Wildman–Crippen LogP) is 4.05. The van der Waals surface area contributed by atoms with E-state index < -0.39 is 27.9 Å². The first-order valence-corrected chi connectivity index (χ1v) is 8.66. The Kier molecular flexibility index (Phi) is 7.27. The Hall–Kier alpha value is -0.440. The molecule has 0 heterocycles. The first-order chi connectivity index (χ1) is 9.62. The van der Waals surface area contributed by atoms with Gasteiger partial charge in [-0.2, -0.15) is 22.0 Å². The fourth-order valence-electron chi connectivity index (χ4n) is 1.59. The molecule has 0 unspecified atom stereocenters. The molecule has 0 radical (unpaired) electrons. The van der Waals surface area contributed by atoms with Crippen LogP contribution in [0.25, 0.3) is 0 Å². The van der Waals surface area contributed by atoms with Crippen LogP contribution in [-0.4, -0.2) is 43.7 Å². The van der Waals surface area contributed by atoms with Gasteiger partial charge in [-0.3, -0.25) is 0 Å². The number of sulfonamides is 1. The number of rotatable bonds is 8. The predicted molar refractivity (Wildman–Crippen MR) is 75.3 cm³/mol. The maximum Gasteiger partial charge on any atom is 0.454 e. The summed E-state index contributed by atoms with van der Waals surface area (Å²) in [6, 6.07) is 0. The standard InChI is InChI=1S/C13H24F5NO2S/c1-5-6-8-19(9-7-11(2,3)4)22(20,21)10-12(14,15)13(16,17)18/h5-10H2,1-4H3. The molecule has 9 heteroatoms. The van der Waals surface area contributed by atoms with Crippen molar-refractivity contribution in [2.45, 2.75) is 59.1 Å². The third-order valence-corrected chi connectivity index (χ3v) is 4.92. The van der Waals surface area contributed by atoms with E-state index in [4.69, 9.17) is 0 Å². The number of halogens is 5. The molecule has 22 heavy (non-hydrogen) atoms. The third-order valence-electron chi connectivity index (χ3n) is 3.04. The Labute approximate surface area is 128 Å². The van der Waals surface area contributed by atoms with Crippen LogP contribution in [0.3, 0.4) is 0 Å². The summed E-state index contributed by atoms with van der Waals surface area (Å²) < 4.78 is 87.4. The molecule has 134 valence electrons. The van der Waals surface area contributed by atoms with Crippen LogP contribution >= 0.6 is 0 Å². The highest BCUT2D eigenvalue weighted by atomic mass is 32.2. The third kappa shape index (κ3) is 7.21. The maximum atomic E-state index is 13.1. The van der Waals surface area contributed by atoms with Crippen LogP contribution in [0.1, 0.15) is 47.0 Å². The molecule has 0 spiro atoms. The summed E-state index contributed by atoms with van der Waals surface area (Å²) in [6.07, 6.45) is -4.49. The van der Waals surface area contributed by atoms with Crippen molar-refractivity contribution in [3.63, 3.8) is 0 Å². The fraction of sp³-hybridized carbons (Fsp3) is 1.00. The van der Waals surface area contributed by atoms with E-state index in [9.17, 15) is 30.4 Å². The minimum Gasteiger partial charge on any atom is -0.212 e. The van der Waals surface area contributed by atoms with Crippen molar-refractivity contribution in [1.29, 1.82) is 0 Å². The lowest BCUT2D eigenvalue weighted by molar-refractivity contribution is -0.271. The van der Waals surface area contributed by atoms with E-state index >= 15 is 0 Å². The van der Waals surface area contributed by atoms with Gasteiger partial charge in [0.05, 0.1) is 0 Å². The Balaban J connectivity index is 5.18. The molecular weight excluding hydrogens is 329 g/mol. The van der Waals surface area contributed by atoms with E-state index in [1.165, 1.54) is 0 Å². The quantitative estimate of drug-likeness (QED) is 0.617. The summed E-state index contributed by atoms with van der Waals surface area (Å²) in [5.74, 6) is -7.49. The number of nitrogens with zero attached hydrogens (tertiary/aromatic N) is 1. The molecule has 0 rings (SSSR count). The first kappa shape index (κ1) is 21.6. The van der Waals surface area contributed by atoms with E-state index in [0.29, 0.717) is 19.3 Å². The topological polar surface area (TPSA) is 37.4 Å². The fourth-order valence-corrected chi connectivity index (χ4v) is 3.17. The largest absolute Gasteiger partial charge is 0.454 e. The second kappa shape index (κ2) is 7.42. The molecule has 0 aliphatic carbocycles. The van der Waals surface area contributed by atoms with E-state index in [0.717, 1.165) is 4.31 Å². The molecule has 0 amide bonds. The van der Waals surface area contributed by atoms with Crippen LogP contribution in [0.5, 0.6) is 0 Å². The Morgan fingerprint density at radius 1 is 0.955 bits per heavy atom. The van der Waals surface area contributed by atoms with Gasteiger partial charge >= 0.3 is 12.1 Å². The Morgan fingerprint density at radius 3 is 1.82 bits per heavy atom. The number of alkyl halides is 5. The molecule has 0 atom stereocenters. The van der Waals surface area contributed by atoms with Crippen LogP contribution in [0, 0.1) is 5.41 Å². The zero-order valence-electron chi connectivity index (χ0n) is 13.3. The minimum absolute atomic E-state index is 0.0527. The van der Waals surface area contributed by atoms with Crippen molar-refractivity contribution in [2.75, 3.05) is 18.8 Å². The van der Waals surface area contributed by atoms with Crippen molar-refractivity contribution in [2.24, 2.45) is 5.41 Å². The monoisotopic (exact) mass is 353 g/mol. The molecule has 0 aromatic heterocycles. The first-order valence-electron chi connectivity index (χ1n) is 7.05. The lowest BCUT2D eigenvalue weighted by Crippen LogP contribution is -2.47. The summed E-state index contributed by atoms with van der Waals surface area (Å²) in [4.78, 5) is 0. The maximum absolute atomic E-state index is 13.1. The van der Waals surface area contributed by atoms with E-state index in [-0.39, 0.29) is 18.5 Å². The molecule has 0 aromatic rings. The molecule has 0 saturated heterocycles. The van der Waals surface area contributed by atoms with Gasteiger partial charge in [0, 0.05) is 13.1 Å². The average molecular weight is 353 g/mol. The van der Waals surface area contributed by atoms with Crippen LogP contribution in [0.15, 0.2) is 0 Å². The van der Waals surface area contributed by atoms with Gasteiger partial charge in [0.1, 0.15) is 5.75 Å². The summed E-state index contributed by atoms with van der Waals surface area (Å²) in [5.41, 5.74) is -0.257. The molecular formula is C13H24F5NO2S. The van der Waals surface area contributed by atoms with Crippen molar-refractivity contribution in [1.82, 2.24) is 4.31 Å². The van der Waals surface area contributed by atoms with Gasteiger partial charge in [0.25, 0.3) is 0 Å². The number of unbranched alkanes of at least 4 members (excludes halogenated alkanes) is 1. The number of hydrogen-bond acceptors (Lipinski definition) is 2. The Morgan fingerprint density at radius 2 is 1.45 bits per heavy atom. The molecule has 0 aliphatic rings. The van der Waals surface area contributed by atoms with Gasteiger partial charge in [0.2, 0.25) is 10.0 Å². The van der Waals surface area contributed by atoms with Gasteiger partial charge in [-0.15, -0.1) is 0 Å². The molecule has 0 N–H and O–H groups in total. The normalized spacial score (nSPS) is 14.6. The second-order valence-corrected chi connectivity index (χ2v) is 8.49. The zero-order valence-corrected chi connectivity index (χ0v) is 14.1. The highest BCUT2D eigenvalue weighted by Gasteiger charge is 2.60. The SMILES string of the molecule is CCCCN(CCC(C)(C)C)S(=O)(=O)CC(F)(F)C(F)(F)F. The van der Waals surface area contributed by atoms with E-state index in [2.05, 4.69) is 0 Å². The lowest BCUT2D eigenvalue weighted by Gasteiger charge is -2.28. The molecule has 0 bridgehead atoms. The van der Waals surface area contributed by atoms with Crippen LogP contribution in [-0.2, 0) is 10.0 Å². The van der Waals surface area contributed by atoms with Gasteiger partial charge in [-0.1, -0.05) is 34.1 Å². The lowest BCUT2D eigenvalue weighted by atomic mass is 9.92. The number of hydrogen-bond donors (Lipinski definition) is 0. The zero-order chi connectivity index (χ0) is 17.8. The van der Waals surface area contributed by atoms with Gasteiger partial charge in [-0.05, 0) is 18.3 Å². The van der Waals surface area contributed by atoms with Gasteiger partial charge in [0.15, 0.2) is 0 Å². The van der Waals surface area contributed by atoms with Gasteiger partial charge in [-0.25, -0.2) is 12.7 Å². The van der Waals surface area contributed by atoms with Crippen LogP contribution < -0.4 is 0 Å². The Bertz CT molecular complexity index is 440. The minimum atomic E-state index is -5.87. The average Bonchev–Trinajstić information content (AvgIpc) is 2.23. The molecule has 0 aromatic carbocycles.